The van der Waals surface area contributed by atoms with Gasteiger partial charge in [0.25, 0.3) is 0 Å². The summed E-state index contributed by atoms with van der Waals surface area (Å²) < 4.78 is 5.21. The summed E-state index contributed by atoms with van der Waals surface area (Å²) >= 11 is 0. The molecule has 2 aromatic carbocycles. The molecule has 12 heteroatoms. The summed E-state index contributed by atoms with van der Waals surface area (Å²) in [7, 11) is 0. The predicted molar refractivity (Wildman–Crippen MR) is 169 cm³/mol. The van der Waals surface area contributed by atoms with Gasteiger partial charge in [0, 0.05) is 22.3 Å². The zero-order valence-electron chi connectivity index (χ0n) is 28.2. The molecule has 48 heavy (non-hydrogen) atoms. The highest BCUT2D eigenvalue weighted by Crippen LogP contribution is 2.47. The Balaban J connectivity index is 0.000000911. The first-order valence-corrected chi connectivity index (χ1v) is 18.1. The molecule has 2 aromatic rings. The van der Waals surface area contributed by atoms with Crippen molar-refractivity contribution in [3.63, 3.8) is 0 Å². The van der Waals surface area contributed by atoms with Crippen molar-refractivity contribution in [3.8, 4) is 0 Å². The number of nitrogens with zero attached hydrogens (tertiary/aromatic N) is 8. The first kappa shape index (κ1) is 36.4. The minimum atomic E-state index is 0. The van der Waals surface area contributed by atoms with Gasteiger partial charge in [0.1, 0.15) is 26.2 Å². The van der Waals surface area contributed by atoms with Gasteiger partial charge in [-0.25, -0.2) is 19.6 Å². The summed E-state index contributed by atoms with van der Waals surface area (Å²) in [5.41, 5.74) is 6.43. The fourth-order valence-corrected chi connectivity index (χ4v) is 13.0. The molecule has 8 nitrogen and oxygen atoms in total. The lowest BCUT2D eigenvalue weighted by molar-refractivity contribution is -1.04. The van der Waals surface area contributed by atoms with Crippen molar-refractivity contribution in [2.75, 3.05) is 105 Å². The van der Waals surface area contributed by atoms with Crippen LogP contribution in [0.5, 0.6) is 0 Å². The standard InChI is InChI=1S/C36H52N8.4BrH/c1-3-29-23-30(4-1)26-42-16-8-38-14-22-44(18-10-40(12-20-42)36(44)34(38)42)28-32-6-2-5-31(24-32)27-43-17-9-39-11-19-41(25-29)15-7-37(13-21-43)33(41)35(39)43;;;;/h1-6,23-24,33-36H,7-22,25-28H2;4*1H/q+4;;;;/p-4. The summed E-state index contributed by atoms with van der Waals surface area (Å²) in [4.78, 5) is 11.7. The number of rotatable bonds is 0. The van der Waals surface area contributed by atoms with Crippen LogP contribution < -0.4 is 67.9 Å². The molecule has 4 atom stereocenters. The van der Waals surface area contributed by atoms with Crippen LogP contribution in [0.2, 0.25) is 0 Å². The maximum atomic E-state index is 2.94. The maximum absolute atomic E-state index is 2.94. The van der Waals surface area contributed by atoms with Crippen LogP contribution in [0.15, 0.2) is 48.5 Å². The van der Waals surface area contributed by atoms with Crippen molar-refractivity contribution in [1.82, 2.24) is 19.6 Å². The van der Waals surface area contributed by atoms with Gasteiger partial charge >= 0.3 is 0 Å². The summed E-state index contributed by atoms with van der Waals surface area (Å²) in [6, 6.07) is 20.2. The SMILES string of the molecule is [Br-].[Br-].[Br-].[Br-].c1cc2cc(c1)C[N+]13CCN4CC[N+]5(CCN(CC1)C5C43)Cc1cccc(c1)C[N+]13CCN4CC[N+]5(CCN(CC1)C5C43)C2. The molecule has 8 fully saturated rings. The van der Waals surface area contributed by atoms with Gasteiger partial charge in [-0.15, -0.1) is 0 Å². The van der Waals surface area contributed by atoms with E-state index in [9.17, 15) is 0 Å². The first-order valence-electron chi connectivity index (χ1n) is 18.1. The molecule has 0 amide bonds. The largest absolute Gasteiger partial charge is 1.00 e. The van der Waals surface area contributed by atoms with Crippen molar-refractivity contribution >= 4 is 0 Å². The van der Waals surface area contributed by atoms with E-state index < -0.39 is 0 Å². The second-order valence-electron chi connectivity index (χ2n) is 16.7. The fourth-order valence-electron chi connectivity index (χ4n) is 13.0. The third kappa shape index (κ3) is 5.05. The van der Waals surface area contributed by atoms with E-state index in [0.29, 0.717) is 24.7 Å². The normalized spacial score (nSPS) is 42.3. The number of fused-ring (bicyclic) bond motifs is 4. The molecular weight excluding hydrogens is 864 g/mol. The van der Waals surface area contributed by atoms with Crippen LogP contribution >= 0.6 is 0 Å². The number of piperazine rings is 4. The molecule has 0 radical (unpaired) electrons. The van der Waals surface area contributed by atoms with E-state index in [4.69, 9.17) is 0 Å². The average Bonchev–Trinajstić information content (AvgIpc) is 3.78. The van der Waals surface area contributed by atoms with E-state index in [1.54, 1.807) is 22.3 Å². The predicted octanol–water partition coefficient (Wildman–Crippen LogP) is -10.7. The molecule has 0 aromatic heterocycles. The number of benzene rings is 2. The van der Waals surface area contributed by atoms with Gasteiger partial charge in [-0.1, -0.05) is 36.4 Å². The molecule has 9 aliphatic heterocycles. The molecule has 9 aliphatic rings. The number of quaternary nitrogens is 4. The van der Waals surface area contributed by atoms with Gasteiger partial charge in [0.05, 0.1) is 105 Å². The number of halogens is 4. The molecule has 0 aliphatic carbocycles. The molecule has 8 saturated heterocycles. The van der Waals surface area contributed by atoms with Crippen LogP contribution in [-0.4, -0.2) is 167 Å². The second-order valence-corrected chi connectivity index (χ2v) is 16.7. The van der Waals surface area contributed by atoms with Crippen LogP contribution in [0, 0.1) is 0 Å². The molecule has 11 rings (SSSR count). The topological polar surface area (TPSA) is 13.0 Å². The Morgan fingerprint density at radius 1 is 0.354 bits per heavy atom. The zero-order chi connectivity index (χ0) is 28.7. The van der Waals surface area contributed by atoms with E-state index >= 15 is 0 Å². The summed E-state index contributed by atoms with van der Waals surface area (Å²) in [6.07, 6.45) is 2.62. The van der Waals surface area contributed by atoms with Crippen LogP contribution in [0.1, 0.15) is 22.3 Å². The van der Waals surface area contributed by atoms with Crippen LogP contribution in [0.3, 0.4) is 0 Å². The molecule has 264 valence electrons. The zero-order valence-corrected chi connectivity index (χ0v) is 34.5. The van der Waals surface area contributed by atoms with Crippen molar-refractivity contribution in [3.05, 3.63) is 70.8 Å². The number of hydrogen-bond acceptors (Lipinski definition) is 4. The van der Waals surface area contributed by atoms with E-state index in [0.717, 1.165) is 0 Å². The first-order chi connectivity index (χ1) is 21.6. The monoisotopic (exact) mass is 912 g/mol. The van der Waals surface area contributed by atoms with Crippen molar-refractivity contribution in [2.45, 2.75) is 50.8 Å². The van der Waals surface area contributed by atoms with Gasteiger partial charge in [0.15, 0.2) is 0 Å². The quantitative estimate of drug-likeness (QED) is 0.244. The third-order valence-electron chi connectivity index (χ3n) is 14.9. The fraction of sp³-hybridized carbons (Fsp3) is 0.667. The van der Waals surface area contributed by atoms with Gasteiger partial charge < -0.3 is 67.9 Å². The molecule has 12 bridgehead atoms. The maximum Gasteiger partial charge on any atom is 0.214 e. The van der Waals surface area contributed by atoms with Gasteiger partial charge in [-0.2, -0.15) is 0 Å². The van der Waals surface area contributed by atoms with E-state index in [2.05, 4.69) is 68.1 Å². The Hall–Kier alpha value is 0.0400. The van der Waals surface area contributed by atoms with Gasteiger partial charge in [-0.3, -0.25) is 17.9 Å². The Morgan fingerprint density at radius 3 is 0.771 bits per heavy atom. The Kier molecular flexibility index (Phi) is 9.76. The van der Waals surface area contributed by atoms with E-state index in [1.807, 2.05) is 0 Å². The van der Waals surface area contributed by atoms with Crippen molar-refractivity contribution in [2.24, 2.45) is 0 Å². The minimum Gasteiger partial charge on any atom is -1.00 e. The Bertz CT molecular complexity index is 1320. The van der Waals surface area contributed by atoms with E-state index in [1.165, 1.54) is 149 Å². The van der Waals surface area contributed by atoms with Crippen LogP contribution in [0.4, 0.5) is 0 Å². The molecule has 9 heterocycles. The highest BCUT2D eigenvalue weighted by molar-refractivity contribution is 5.24. The summed E-state index contributed by atoms with van der Waals surface area (Å²) in [5, 5.41) is 0. The van der Waals surface area contributed by atoms with E-state index in [-0.39, 0.29) is 67.9 Å². The second kappa shape index (κ2) is 12.9. The Morgan fingerprint density at radius 2 is 0.562 bits per heavy atom. The number of hydrogen-bond donors (Lipinski definition) is 0. The van der Waals surface area contributed by atoms with Crippen molar-refractivity contribution in [1.29, 1.82) is 0 Å². The molecule has 4 unspecified atom stereocenters. The highest BCUT2D eigenvalue weighted by atomic mass is 79.9. The summed E-state index contributed by atoms with van der Waals surface area (Å²) in [5.74, 6) is 0. The Labute approximate surface area is 329 Å². The van der Waals surface area contributed by atoms with Crippen LogP contribution in [0.25, 0.3) is 0 Å². The smallest absolute Gasteiger partial charge is 0.214 e. The molecule has 0 N–H and O–H groups in total. The van der Waals surface area contributed by atoms with Gasteiger partial charge in [0.2, 0.25) is 24.7 Å². The third-order valence-corrected chi connectivity index (χ3v) is 14.9. The lowest BCUT2D eigenvalue weighted by Crippen LogP contribution is -3.00. The molecule has 0 spiro atoms. The van der Waals surface area contributed by atoms with Gasteiger partial charge in [-0.05, 0) is 12.1 Å². The minimum absolute atomic E-state index is 0. The van der Waals surface area contributed by atoms with Crippen molar-refractivity contribution < 1.29 is 85.9 Å². The summed E-state index contributed by atoms with van der Waals surface area (Å²) in [6.45, 7) is 25.8. The highest BCUT2D eigenvalue weighted by Gasteiger charge is 2.69. The van der Waals surface area contributed by atoms with Crippen LogP contribution in [-0.2, 0) is 26.2 Å². The lowest BCUT2D eigenvalue weighted by atomic mass is 9.99. The molecular formula is C36H52Br4N8. The lowest BCUT2D eigenvalue weighted by Gasteiger charge is -2.57. The average molecular weight is 916 g/mol. The molecule has 0 saturated carbocycles.